The molecular weight excluding hydrogens is 210 g/mol. The van der Waals surface area contributed by atoms with E-state index in [2.05, 4.69) is 0 Å². The predicted octanol–water partition coefficient (Wildman–Crippen LogP) is -0.234. The van der Waals surface area contributed by atoms with E-state index in [-0.39, 0.29) is 6.61 Å². The Morgan fingerprint density at radius 3 is 2.38 bits per heavy atom. The third kappa shape index (κ3) is 4.76. The van der Waals surface area contributed by atoms with Crippen LogP contribution in [0.4, 0.5) is 0 Å². The van der Waals surface area contributed by atoms with E-state index in [1.807, 2.05) is 0 Å². The monoisotopic (exact) mass is 233 g/mol. The largest absolute Gasteiger partial charge is 0.394 e. The van der Waals surface area contributed by atoms with E-state index in [1.165, 1.54) is 0 Å². The van der Waals surface area contributed by atoms with Crippen LogP contribution in [0.5, 0.6) is 0 Å². The Balaban J connectivity index is 1.97. The first kappa shape index (κ1) is 13.9. The Hall–Kier alpha value is -0.200. The third-order valence-electron chi connectivity index (χ3n) is 2.86. The van der Waals surface area contributed by atoms with Crippen molar-refractivity contribution in [3.63, 3.8) is 0 Å². The van der Waals surface area contributed by atoms with Crippen molar-refractivity contribution in [2.24, 2.45) is 11.7 Å². The lowest BCUT2D eigenvalue weighted by Crippen LogP contribution is -2.50. The molecule has 1 rings (SSSR count). The fraction of sp³-hybridized carbons (Fsp3) is 1.00. The van der Waals surface area contributed by atoms with Gasteiger partial charge in [0.15, 0.2) is 0 Å². The molecule has 1 unspecified atom stereocenters. The molecule has 0 aromatic rings. The zero-order valence-corrected chi connectivity index (χ0v) is 9.98. The molecule has 0 spiro atoms. The third-order valence-corrected chi connectivity index (χ3v) is 2.86. The molecule has 1 atom stereocenters. The molecule has 5 nitrogen and oxygen atoms in total. The number of ether oxygens (including phenoxy) is 3. The van der Waals surface area contributed by atoms with Crippen LogP contribution in [0.2, 0.25) is 0 Å². The van der Waals surface area contributed by atoms with Crippen LogP contribution in [-0.4, -0.2) is 57.4 Å². The Kier molecular flexibility index (Phi) is 6.23. The van der Waals surface area contributed by atoms with Gasteiger partial charge in [0.2, 0.25) is 0 Å². The zero-order chi connectivity index (χ0) is 11.9. The van der Waals surface area contributed by atoms with E-state index in [4.69, 9.17) is 19.9 Å². The molecular formula is C11H23NO4. The molecule has 0 bridgehead atoms. The highest BCUT2D eigenvalue weighted by molar-refractivity contribution is 4.98. The average molecular weight is 233 g/mol. The highest BCUT2D eigenvalue weighted by atomic mass is 16.5. The van der Waals surface area contributed by atoms with E-state index in [0.29, 0.717) is 39.0 Å². The number of hydrogen-bond acceptors (Lipinski definition) is 5. The minimum atomic E-state index is -0.549. The molecule has 1 fully saturated rings. The summed E-state index contributed by atoms with van der Waals surface area (Å²) >= 11 is 0. The maximum Gasteiger partial charge on any atom is 0.0701 e. The lowest BCUT2D eigenvalue weighted by Gasteiger charge is -2.26. The van der Waals surface area contributed by atoms with Crippen LogP contribution >= 0.6 is 0 Å². The highest BCUT2D eigenvalue weighted by Crippen LogP contribution is 2.38. The van der Waals surface area contributed by atoms with Gasteiger partial charge in [-0.1, -0.05) is 0 Å². The molecule has 0 aliphatic heterocycles. The van der Waals surface area contributed by atoms with Gasteiger partial charge in [-0.15, -0.1) is 0 Å². The smallest absolute Gasteiger partial charge is 0.0701 e. The topological polar surface area (TPSA) is 73.9 Å². The minimum Gasteiger partial charge on any atom is -0.394 e. The summed E-state index contributed by atoms with van der Waals surface area (Å²) in [5.41, 5.74) is 5.48. The van der Waals surface area contributed by atoms with Crippen molar-refractivity contribution in [3.8, 4) is 0 Å². The Morgan fingerprint density at radius 2 is 1.81 bits per heavy atom. The van der Waals surface area contributed by atoms with Gasteiger partial charge >= 0.3 is 0 Å². The molecule has 0 aromatic carbocycles. The van der Waals surface area contributed by atoms with Gasteiger partial charge in [-0.3, -0.25) is 0 Å². The lowest BCUT2D eigenvalue weighted by atomic mass is 9.97. The summed E-state index contributed by atoms with van der Waals surface area (Å²) in [4.78, 5) is 0. The van der Waals surface area contributed by atoms with Gasteiger partial charge < -0.3 is 25.1 Å². The maximum atomic E-state index is 9.22. The van der Waals surface area contributed by atoms with E-state index in [9.17, 15) is 5.11 Å². The van der Waals surface area contributed by atoms with Gasteiger partial charge in [0.05, 0.1) is 45.2 Å². The number of hydrogen-bond donors (Lipinski definition) is 2. The zero-order valence-electron chi connectivity index (χ0n) is 9.98. The van der Waals surface area contributed by atoms with E-state index < -0.39 is 5.54 Å². The van der Waals surface area contributed by atoms with E-state index in [1.54, 1.807) is 7.11 Å². The second-order valence-corrected chi connectivity index (χ2v) is 4.32. The molecule has 0 amide bonds. The molecule has 1 aliphatic carbocycles. The summed E-state index contributed by atoms with van der Waals surface area (Å²) in [5, 5.41) is 9.22. The first-order valence-corrected chi connectivity index (χ1v) is 5.77. The summed E-state index contributed by atoms with van der Waals surface area (Å²) in [6.07, 6.45) is 2.20. The van der Waals surface area contributed by atoms with Gasteiger partial charge in [0.25, 0.3) is 0 Å². The quantitative estimate of drug-likeness (QED) is 0.510. The Bertz CT molecular complexity index is 187. The van der Waals surface area contributed by atoms with Gasteiger partial charge in [-0.2, -0.15) is 0 Å². The molecule has 3 N–H and O–H groups in total. The lowest BCUT2D eigenvalue weighted by molar-refractivity contribution is -0.00178. The first-order chi connectivity index (χ1) is 7.73. The average Bonchev–Trinajstić information content (AvgIpc) is 3.12. The number of rotatable bonds is 10. The summed E-state index contributed by atoms with van der Waals surface area (Å²) < 4.78 is 15.5. The molecule has 1 aliphatic rings. The second kappa shape index (κ2) is 7.19. The molecule has 16 heavy (non-hydrogen) atoms. The van der Waals surface area contributed by atoms with E-state index >= 15 is 0 Å². The van der Waals surface area contributed by atoms with Gasteiger partial charge in [-0.25, -0.2) is 0 Å². The molecule has 0 radical (unpaired) electrons. The highest BCUT2D eigenvalue weighted by Gasteiger charge is 2.41. The van der Waals surface area contributed by atoms with Gasteiger partial charge in [0.1, 0.15) is 0 Å². The van der Waals surface area contributed by atoms with Gasteiger partial charge in [-0.05, 0) is 18.8 Å². The van der Waals surface area contributed by atoms with Crippen molar-refractivity contribution in [1.29, 1.82) is 0 Å². The fourth-order valence-corrected chi connectivity index (χ4v) is 1.58. The molecule has 0 heterocycles. The van der Waals surface area contributed by atoms with Crippen molar-refractivity contribution in [2.45, 2.75) is 18.4 Å². The van der Waals surface area contributed by atoms with Crippen molar-refractivity contribution in [3.05, 3.63) is 0 Å². The first-order valence-electron chi connectivity index (χ1n) is 5.77. The molecule has 0 aromatic heterocycles. The molecule has 5 heteroatoms. The summed E-state index contributed by atoms with van der Waals surface area (Å²) in [6, 6.07) is 0. The standard InChI is InChI=1S/C11H23NO4/c1-14-4-5-15-6-7-16-9-11(12,8-13)10-2-3-10/h10,13H,2-9,12H2,1H3. The van der Waals surface area contributed by atoms with Crippen molar-refractivity contribution >= 4 is 0 Å². The molecule has 0 saturated heterocycles. The second-order valence-electron chi connectivity index (χ2n) is 4.32. The van der Waals surface area contributed by atoms with Crippen LogP contribution in [0.3, 0.4) is 0 Å². The number of methoxy groups -OCH3 is 1. The number of aliphatic hydroxyl groups excluding tert-OH is 1. The summed E-state index contributed by atoms with van der Waals surface area (Å²) in [7, 11) is 1.64. The van der Waals surface area contributed by atoms with Crippen LogP contribution in [0.1, 0.15) is 12.8 Å². The van der Waals surface area contributed by atoms with Crippen molar-refractivity contribution in [2.75, 3.05) is 46.8 Å². The van der Waals surface area contributed by atoms with Crippen LogP contribution in [0.15, 0.2) is 0 Å². The minimum absolute atomic E-state index is 0.0117. The van der Waals surface area contributed by atoms with Crippen LogP contribution < -0.4 is 5.73 Å². The Labute approximate surface area is 96.9 Å². The molecule has 96 valence electrons. The summed E-state index contributed by atoms with van der Waals surface area (Å²) in [6.45, 7) is 2.62. The summed E-state index contributed by atoms with van der Waals surface area (Å²) in [5.74, 6) is 0.423. The van der Waals surface area contributed by atoms with Crippen LogP contribution in [0.25, 0.3) is 0 Å². The Morgan fingerprint density at radius 1 is 1.19 bits per heavy atom. The normalized spacial score (nSPS) is 19.7. The van der Waals surface area contributed by atoms with Crippen LogP contribution in [0, 0.1) is 5.92 Å². The number of nitrogens with two attached hydrogens (primary N) is 1. The number of aliphatic hydroxyl groups is 1. The SMILES string of the molecule is COCCOCCOCC(N)(CO)C1CC1. The maximum absolute atomic E-state index is 9.22. The molecule has 1 saturated carbocycles. The van der Waals surface area contributed by atoms with Crippen molar-refractivity contribution in [1.82, 2.24) is 0 Å². The predicted molar refractivity (Wildman–Crippen MR) is 60.2 cm³/mol. The van der Waals surface area contributed by atoms with Crippen LogP contribution in [-0.2, 0) is 14.2 Å². The fourth-order valence-electron chi connectivity index (χ4n) is 1.58. The van der Waals surface area contributed by atoms with Gasteiger partial charge in [0, 0.05) is 7.11 Å². The van der Waals surface area contributed by atoms with E-state index in [0.717, 1.165) is 12.8 Å². The van der Waals surface area contributed by atoms with Crippen molar-refractivity contribution < 1.29 is 19.3 Å².